The largest absolute Gasteiger partial charge is 0.489 e. The van der Waals surface area contributed by atoms with Gasteiger partial charge < -0.3 is 9.64 Å². The predicted octanol–water partition coefficient (Wildman–Crippen LogP) is 6.19. The SMILES string of the molecule is O=C1c2ccc(OCc3ccccc3[N+](=O)[O-])cc2CCC1CCN1CCC(c2ccccc2)CC1. The van der Waals surface area contributed by atoms with Gasteiger partial charge in [0.2, 0.25) is 0 Å². The molecular weight excluding hydrogens is 452 g/mol. The number of nitro groups is 1. The molecule has 1 saturated heterocycles. The van der Waals surface area contributed by atoms with E-state index in [0.717, 1.165) is 50.0 Å². The maximum atomic E-state index is 13.2. The topological polar surface area (TPSA) is 72.7 Å². The lowest BCUT2D eigenvalue weighted by molar-refractivity contribution is -0.385. The third-order valence-electron chi connectivity index (χ3n) is 7.71. The lowest BCUT2D eigenvalue weighted by atomic mass is 9.80. The minimum Gasteiger partial charge on any atom is -0.489 e. The Labute approximate surface area is 212 Å². The van der Waals surface area contributed by atoms with Crippen molar-refractivity contribution >= 4 is 11.5 Å². The van der Waals surface area contributed by atoms with Gasteiger partial charge in [-0.25, -0.2) is 0 Å². The Balaban J connectivity index is 1.13. The molecule has 1 aliphatic heterocycles. The van der Waals surface area contributed by atoms with Gasteiger partial charge in [0.25, 0.3) is 5.69 Å². The third kappa shape index (κ3) is 5.49. The highest BCUT2D eigenvalue weighted by Crippen LogP contribution is 2.32. The van der Waals surface area contributed by atoms with Crippen molar-refractivity contribution < 1.29 is 14.5 Å². The number of ether oxygens (including phenoxy) is 1. The quantitative estimate of drug-likeness (QED) is 0.282. The van der Waals surface area contributed by atoms with E-state index in [2.05, 4.69) is 35.2 Å². The molecule has 1 unspecified atom stereocenters. The van der Waals surface area contributed by atoms with E-state index in [1.54, 1.807) is 18.2 Å². The van der Waals surface area contributed by atoms with Crippen molar-refractivity contribution in [3.05, 3.63) is 105 Å². The lowest BCUT2D eigenvalue weighted by Crippen LogP contribution is -2.35. The smallest absolute Gasteiger partial charge is 0.276 e. The highest BCUT2D eigenvalue weighted by molar-refractivity contribution is 6.00. The Kier molecular flexibility index (Phi) is 7.42. The van der Waals surface area contributed by atoms with Crippen LogP contribution in [0, 0.1) is 16.0 Å². The molecular formula is C30H32N2O4. The Morgan fingerprint density at radius 3 is 2.47 bits per heavy atom. The molecule has 3 aromatic carbocycles. The number of aryl methyl sites for hydroxylation is 1. The molecule has 0 saturated carbocycles. The maximum absolute atomic E-state index is 13.2. The maximum Gasteiger partial charge on any atom is 0.276 e. The van der Waals surface area contributed by atoms with Gasteiger partial charge in [-0.1, -0.05) is 42.5 Å². The van der Waals surface area contributed by atoms with Gasteiger partial charge in [0.05, 0.1) is 10.5 Å². The Bertz CT molecular complexity index is 1220. The molecule has 3 aromatic rings. The van der Waals surface area contributed by atoms with E-state index >= 15 is 0 Å². The van der Waals surface area contributed by atoms with Crippen molar-refractivity contribution in [3.8, 4) is 5.75 Å². The molecule has 5 rings (SSSR count). The fraction of sp³-hybridized carbons (Fsp3) is 0.367. The second-order valence-corrected chi connectivity index (χ2v) is 9.91. The van der Waals surface area contributed by atoms with Crippen LogP contribution in [0.25, 0.3) is 0 Å². The fourth-order valence-corrected chi connectivity index (χ4v) is 5.59. The normalized spacial score (nSPS) is 18.6. The van der Waals surface area contributed by atoms with Crippen molar-refractivity contribution in [2.45, 2.75) is 44.6 Å². The second kappa shape index (κ2) is 11.0. The number of carbonyl (C=O) groups is 1. The van der Waals surface area contributed by atoms with Gasteiger partial charge in [-0.2, -0.15) is 0 Å². The number of nitrogens with zero attached hydrogens (tertiary/aromatic N) is 2. The molecule has 0 radical (unpaired) electrons. The number of benzene rings is 3. The van der Waals surface area contributed by atoms with Crippen LogP contribution in [0.1, 0.15) is 58.6 Å². The summed E-state index contributed by atoms with van der Waals surface area (Å²) >= 11 is 0. The van der Waals surface area contributed by atoms with E-state index in [9.17, 15) is 14.9 Å². The molecule has 0 spiro atoms. The summed E-state index contributed by atoms with van der Waals surface area (Å²) in [6, 6.07) is 23.0. The molecule has 0 N–H and O–H groups in total. The summed E-state index contributed by atoms with van der Waals surface area (Å²) in [7, 11) is 0. The van der Waals surface area contributed by atoms with E-state index in [1.165, 1.54) is 24.5 Å². The average molecular weight is 485 g/mol. The van der Waals surface area contributed by atoms with Crippen LogP contribution < -0.4 is 4.74 Å². The molecule has 186 valence electrons. The summed E-state index contributed by atoms with van der Waals surface area (Å²) in [5.74, 6) is 1.60. The first-order chi connectivity index (χ1) is 17.6. The molecule has 1 atom stereocenters. The van der Waals surface area contributed by atoms with Gasteiger partial charge in [0.15, 0.2) is 5.78 Å². The van der Waals surface area contributed by atoms with Crippen molar-refractivity contribution in [3.63, 3.8) is 0 Å². The van der Waals surface area contributed by atoms with Crippen LogP contribution in [0.2, 0.25) is 0 Å². The first-order valence-corrected chi connectivity index (χ1v) is 12.9. The summed E-state index contributed by atoms with van der Waals surface area (Å²) in [6.07, 6.45) is 4.98. The number of para-hydroxylation sites is 1. The monoisotopic (exact) mass is 484 g/mol. The molecule has 0 aromatic heterocycles. The number of nitro benzene ring substituents is 1. The number of hydrogen-bond acceptors (Lipinski definition) is 5. The summed E-state index contributed by atoms with van der Waals surface area (Å²) < 4.78 is 5.86. The lowest BCUT2D eigenvalue weighted by Gasteiger charge is -2.33. The number of fused-ring (bicyclic) bond motifs is 1. The van der Waals surface area contributed by atoms with E-state index in [1.807, 2.05) is 18.2 Å². The molecule has 0 amide bonds. The molecule has 6 heteroatoms. The summed E-state index contributed by atoms with van der Waals surface area (Å²) in [5, 5.41) is 11.2. The number of likely N-dealkylation sites (tertiary alicyclic amines) is 1. The van der Waals surface area contributed by atoms with Crippen LogP contribution in [0.15, 0.2) is 72.8 Å². The van der Waals surface area contributed by atoms with Crippen LogP contribution >= 0.6 is 0 Å². The first kappa shape index (κ1) is 24.2. The average Bonchev–Trinajstić information content (AvgIpc) is 2.92. The van der Waals surface area contributed by atoms with Gasteiger partial charge in [-0.3, -0.25) is 14.9 Å². The van der Waals surface area contributed by atoms with Crippen LogP contribution in [0.5, 0.6) is 5.75 Å². The van der Waals surface area contributed by atoms with Gasteiger partial charge in [-0.15, -0.1) is 0 Å². The molecule has 1 fully saturated rings. The van der Waals surface area contributed by atoms with E-state index in [0.29, 0.717) is 17.2 Å². The Morgan fingerprint density at radius 2 is 1.69 bits per heavy atom. The number of piperidine rings is 1. The zero-order valence-electron chi connectivity index (χ0n) is 20.5. The van der Waals surface area contributed by atoms with Gasteiger partial charge >= 0.3 is 0 Å². The summed E-state index contributed by atoms with van der Waals surface area (Å²) in [4.78, 5) is 26.6. The molecule has 1 aliphatic carbocycles. The van der Waals surface area contributed by atoms with Gasteiger partial charge in [-0.05, 0) is 93.0 Å². The minimum absolute atomic E-state index is 0.0535. The van der Waals surface area contributed by atoms with Crippen LogP contribution in [-0.2, 0) is 13.0 Å². The summed E-state index contributed by atoms with van der Waals surface area (Å²) in [5.41, 5.74) is 3.84. The highest BCUT2D eigenvalue weighted by Gasteiger charge is 2.29. The Morgan fingerprint density at radius 1 is 0.944 bits per heavy atom. The fourth-order valence-electron chi connectivity index (χ4n) is 5.59. The number of carbonyl (C=O) groups excluding carboxylic acids is 1. The number of rotatable bonds is 8. The van der Waals surface area contributed by atoms with Crippen molar-refractivity contribution in [1.82, 2.24) is 4.90 Å². The summed E-state index contributed by atoms with van der Waals surface area (Å²) in [6.45, 7) is 3.28. The molecule has 2 aliphatic rings. The van der Waals surface area contributed by atoms with Crippen molar-refractivity contribution in [1.29, 1.82) is 0 Å². The zero-order valence-corrected chi connectivity index (χ0v) is 20.5. The number of Topliss-reactive ketones (excluding diaryl/α,β-unsaturated/α-hetero) is 1. The predicted molar refractivity (Wildman–Crippen MR) is 139 cm³/mol. The van der Waals surface area contributed by atoms with Crippen LogP contribution in [0.4, 0.5) is 5.69 Å². The van der Waals surface area contributed by atoms with Crippen molar-refractivity contribution in [2.24, 2.45) is 5.92 Å². The number of hydrogen-bond donors (Lipinski definition) is 0. The standard InChI is InChI=1S/C30H32N2O4/c33-30-24(16-19-31-17-14-23(15-18-31)22-6-2-1-3-7-22)10-11-25-20-27(12-13-28(25)30)36-21-26-8-4-5-9-29(26)32(34)35/h1-9,12-13,20,23-24H,10-11,14-19,21H2. The molecule has 1 heterocycles. The van der Waals surface area contributed by atoms with E-state index in [-0.39, 0.29) is 24.0 Å². The first-order valence-electron chi connectivity index (χ1n) is 12.9. The minimum atomic E-state index is -0.393. The third-order valence-corrected chi connectivity index (χ3v) is 7.71. The van der Waals surface area contributed by atoms with E-state index < -0.39 is 4.92 Å². The molecule has 36 heavy (non-hydrogen) atoms. The van der Waals surface area contributed by atoms with Crippen molar-refractivity contribution in [2.75, 3.05) is 19.6 Å². The number of ketones is 1. The van der Waals surface area contributed by atoms with Crippen LogP contribution in [0.3, 0.4) is 0 Å². The van der Waals surface area contributed by atoms with Gasteiger partial charge in [0, 0.05) is 17.5 Å². The van der Waals surface area contributed by atoms with Crippen LogP contribution in [-0.4, -0.2) is 35.2 Å². The van der Waals surface area contributed by atoms with E-state index in [4.69, 9.17) is 4.74 Å². The molecule has 0 bridgehead atoms. The Hall–Kier alpha value is -3.51. The highest BCUT2D eigenvalue weighted by atomic mass is 16.6. The molecule has 6 nitrogen and oxygen atoms in total. The second-order valence-electron chi connectivity index (χ2n) is 9.91. The zero-order chi connectivity index (χ0) is 24.9. The van der Waals surface area contributed by atoms with Gasteiger partial charge in [0.1, 0.15) is 12.4 Å².